The van der Waals surface area contributed by atoms with E-state index in [9.17, 15) is 10.1 Å². The maximum atomic E-state index is 12.2. The van der Waals surface area contributed by atoms with Crippen molar-refractivity contribution >= 4 is 33.8 Å². The van der Waals surface area contributed by atoms with Crippen LogP contribution >= 0.6 is 11.3 Å². The summed E-state index contributed by atoms with van der Waals surface area (Å²) < 4.78 is 5.65. The summed E-state index contributed by atoms with van der Waals surface area (Å²) in [4.78, 5) is 17.8. The lowest BCUT2D eigenvalue weighted by atomic mass is 9.96. The highest BCUT2D eigenvalue weighted by atomic mass is 32.1. The number of aryl methyl sites for hydroxylation is 1. The molecule has 0 N–H and O–H groups in total. The SMILES string of the molecule is N#Cc1c(N=C2OC(c3ccccc3)=CC2=O)sc2c1CCCC2. The molecule has 0 spiro atoms. The van der Waals surface area contributed by atoms with Crippen LogP contribution in [0.25, 0.3) is 5.76 Å². The van der Waals surface area contributed by atoms with Gasteiger partial charge in [0.05, 0.1) is 5.56 Å². The van der Waals surface area contributed by atoms with Gasteiger partial charge in [0.1, 0.15) is 16.8 Å². The molecule has 1 aliphatic carbocycles. The maximum Gasteiger partial charge on any atom is 0.269 e. The minimum Gasteiger partial charge on any atom is -0.435 e. The number of nitrogens with zero attached hydrogens (tertiary/aromatic N) is 2. The Morgan fingerprint density at radius 1 is 1.17 bits per heavy atom. The molecule has 0 saturated heterocycles. The van der Waals surface area contributed by atoms with Crippen LogP contribution in [0.3, 0.4) is 0 Å². The van der Waals surface area contributed by atoms with Gasteiger partial charge in [0, 0.05) is 16.5 Å². The van der Waals surface area contributed by atoms with E-state index >= 15 is 0 Å². The number of carbonyl (C=O) groups is 1. The van der Waals surface area contributed by atoms with E-state index in [1.54, 1.807) is 0 Å². The van der Waals surface area contributed by atoms with Gasteiger partial charge in [0.2, 0.25) is 5.78 Å². The van der Waals surface area contributed by atoms with Crippen LogP contribution in [0.5, 0.6) is 0 Å². The third-order valence-corrected chi connectivity index (χ3v) is 5.39. The van der Waals surface area contributed by atoms with E-state index in [1.807, 2.05) is 30.3 Å². The van der Waals surface area contributed by atoms with Gasteiger partial charge in [-0.3, -0.25) is 4.79 Å². The van der Waals surface area contributed by atoms with Crippen molar-refractivity contribution in [3.63, 3.8) is 0 Å². The first kappa shape index (κ1) is 14.9. The summed E-state index contributed by atoms with van der Waals surface area (Å²) in [6.07, 6.45) is 5.60. The average molecular weight is 334 g/mol. The molecule has 0 saturated carbocycles. The van der Waals surface area contributed by atoms with Crippen LogP contribution in [0.15, 0.2) is 41.4 Å². The lowest BCUT2D eigenvalue weighted by Crippen LogP contribution is -2.06. The van der Waals surface area contributed by atoms with Crippen molar-refractivity contribution < 1.29 is 9.53 Å². The first-order valence-corrected chi connectivity index (χ1v) is 8.70. The highest BCUT2D eigenvalue weighted by Crippen LogP contribution is 2.40. The number of benzene rings is 1. The van der Waals surface area contributed by atoms with Gasteiger partial charge in [-0.2, -0.15) is 10.3 Å². The van der Waals surface area contributed by atoms with Gasteiger partial charge in [-0.05, 0) is 31.2 Å². The Bertz CT molecular complexity index is 917. The normalized spacial score (nSPS) is 18.0. The van der Waals surface area contributed by atoms with Crippen LogP contribution in [0.4, 0.5) is 5.00 Å². The van der Waals surface area contributed by atoms with Gasteiger partial charge in [0.15, 0.2) is 0 Å². The molecule has 0 fully saturated rings. The number of rotatable bonds is 2. The van der Waals surface area contributed by atoms with Crippen LogP contribution in [0.1, 0.15) is 34.4 Å². The molecule has 0 radical (unpaired) electrons. The molecule has 24 heavy (non-hydrogen) atoms. The largest absolute Gasteiger partial charge is 0.435 e. The number of ether oxygens (including phenoxy) is 1. The Kier molecular flexibility index (Phi) is 3.75. The second-order valence-corrected chi connectivity index (χ2v) is 6.84. The number of hydrogen-bond acceptors (Lipinski definition) is 5. The van der Waals surface area contributed by atoms with Gasteiger partial charge in [0.25, 0.3) is 5.90 Å². The quantitative estimate of drug-likeness (QED) is 0.828. The summed E-state index contributed by atoms with van der Waals surface area (Å²) in [6.45, 7) is 0. The summed E-state index contributed by atoms with van der Waals surface area (Å²) in [6, 6.07) is 11.7. The molecule has 0 bridgehead atoms. The van der Waals surface area contributed by atoms with Crippen molar-refractivity contribution in [3.8, 4) is 6.07 Å². The van der Waals surface area contributed by atoms with Crippen molar-refractivity contribution in [3.05, 3.63) is 58.0 Å². The van der Waals surface area contributed by atoms with E-state index < -0.39 is 0 Å². The van der Waals surface area contributed by atoms with E-state index in [2.05, 4.69) is 11.1 Å². The number of nitriles is 1. The van der Waals surface area contributed by atoms with Crippen LogP contribution in [-0.4, -0.2) is 11.7 Å². The zero-order valence-electron chi connectivity index (χ0n) is 12.9. The van der Waals surface area contributed by atoms with Gasteiger partial charge in [-0.15, -0.1) is 11.3 Å². The molecular formula is C19H14N2O2S. The minimum atomic E-state index is -0.260. The Balaban J connectivity index is 1.67. The first-order valence-electron chi connectivity index (χ1n) is 7.89. The molecule has 0 unspecified atom stereocenters. The maximum absolute atomic E-state index is 12.2. The monoisotopic (exact) mass is 334 g/mol. The number of fused-ring (bicyclic) bond motifs is 1. The molecule has 4 rings (SSSR count). The molecule has 1 aromatic heterocycles. The van der Waals surface area contributed by atoms with E-state index in [0.717, 1.165) is 36.8 Å². The van der Waals surface area contributed by atoms with Crippen LogP contribution in [-0.2, 0) is 22.4 Å². The van der Waals surface area contributed by atoms with Gasteiger partial charge >= 0.3 is 0 Å². The Morgan fingerprint density at radius 2 is 1.96 bits per heavy atom. The molecular weight excluding hydrogens is 320 g/mol. The summed E-state index contributed by atoms with van der Waals surface area (Å²) in [5, 5.41) is 10.1. The molecule has 2 aliphatic rings. The van der Waals surface area contributed by atoms with Gasteiger partial charge in [-0.1, -0.05) is 30.3 Å². The molecule has 4 nitrogen and oxygen atoms in total. The zero-order chi connectivity index (χ0) is 16.5. The molecule has 0 atom stereocenters. The van der Waals surface area contributed by atoms with E-state index in [1.165, 1.54) is 22.3 Å². The van der Waals surface area contributed by atoms with Crippen molar-refractivity contribution in [2.75, 3.05) is 0 Å². The second kappa shape index (κ2) is 6.06. The Hall–Kier alpha value is -2.71. The Morgan fingerprint density at radius 3 is 2.75 bits per heavy atom. The molecule has 0 amide bonds. The fraction of sp³-hybridized carbons (Fsp3) is 0.211. The molecule has 1 aliphatic heterocycles. The number of carbonyl (C=O) groups excluding carboxylic acids is 1. The lowest BCUT2D eigenvalue weighted by molar-refractivity contribution is -0.109. The van der Waals surface area contributed by atoms with Crippen molar-refractivity contribution in [1.29, 1.82) is 5.26 Å². The van der Waals surface area contributed by atoms with Crippen molar-refractivity contribution in [1.82, 2.24) is 0 Å². The van der Waals surface area contributed by atoms with Crippen LogP contribution < -0.4 is 0 Å². The first-order chi connectivity index (χ1) is 11.8. The predicted molar refractivity (Wildman–Crippen MR) is 93.3 cm³/mol. The molecule has 5 heteroatoms. The van der Waals surface area contributed by atoms with E-state index in [-0.39, 0.29) is 11.7 Å². The standard InChI is InChI=1S/C19H14N2O2S/c20-11-14-13-8-4-5-9-17(13)24-19(14)21-18-15(22)10-16(23-18)12-6-2-1-3-7-12/h1-3,6-7,10H,4-5,8-9H2. The summed E-state index contributed by atoms with van der Waals surface area (Å²) in [5.74, 6) is 0.284. The van der Waals surface area contributed by atoms with Crippen molar-refractivity contribution in [2.24, 2.45) is 4.99 Å². The average Bonchev–Trinajstić information content (AvgIpc) is 3.16. The summed E-state index contributed by atoms with van der Waals surface area (Å²) in [5.41, 5.74) is 2.54. The van der Waals surface area contributed by atoms with E-state index in [4.69, 9.17) is 4.74 Å². The third kappa shape index (κ3) is 2.55. The highest BCUT2D eigenvalue weighted by Gasteiger charge is 2.26. The fourth-order valence-corrected chi connectivity index (χ4v) is 4.23. The molecule has 118 valence electrons. The van der Waals surface area contributed by atoms with Gasteiger partial charge in [-0.25, -0.2) is 0 Å². The number of hydrogen-bond donors (Lipinski definition) is 0. The van der Waals surface area contributed by atoms with Crippen LogP contribution in [0.2, 0.25) is 0 Å². The van der Waals surface area contributed by atoms with Crippen molar-refractivity contribution in [2.45, 2.75) is 25.7 Å². The smallest absolute Gasteiger partial charge is 0.269 e. The molecule has 2 aromatic rings. The minimum absolute atomic E-state index is 0.0453. The number of ketones is 1. The Labute approximate surface area is 143 Å². The number of thiophene rings is 1. The molecule has 1 aromatic carbocycles. The van der Waals surface area contributed by atoms with Crippen LogP contribution in [0, 0.1) is 11.3 Å². The molecule has 2 heterocycles. The highest BCUT2D eigenvalue weighted by molar-refractivity contribution is 7.16. The van der Waals surface area contributed by atoms with Gasteiger partial charge < -0.3 is 4.74 Å². The fourth-order valence-electron chi connectivity index (χ4n) is 3.03. The topological polar surface area (TPSA) is 62.4 Å². The lowest BCUT2D eigenvalue weighted by Gasteiger charge is -2.09. The third-order valence-electron chi connectivity index (χ3n) is 4.21. The summed E-state index contributed by atoms with van der Waals surface area (Å²) in [7, 11) is 0. The zero-order valence-corrected chi connectivity index (χ0v) is 13.7. The van der Waals surface area contributed by atoms with E-state index in [0.29, 0.717) is 16.3 Å². The summed E-state index contributed by atoms with van der Waals surface area (Å²) >= 11 is 1.51. The predicted octanol–water partition coefficient (Wildman–Crippen LogP) is 4.17. The number of aliphatic imine (C=N–C) groups is 1. The second-order valence-electron chi connectivity index (χ2n) is 5.76.